The van der Waals surface area contributed by atoms with Gasteiger partial charge in [0.05, 0.1) is 11.3 Å². The van der Waals surface area contributed by atoms with Crippen molar-refractivity contribution in [3.8, 4) is 0 Å². The number of nitrogens with zero attached hydrogens (tertiary/aromatic N) is 2. The number of pyridine rings is 1. The number of nitrogen functional groups attached to an aromatic ring is 1. The van der Waals surface area contributed by atoms with Crippen molar-refractivity contribution in [2.75, 3.05) is 23.7 Å². The topological polar surface area (TPSA) is 79.5 Å². The lowest BCUT2D eigenvalue weighted by atomic mass is 9.82. The van der Waals surface area contributed by atoms with Gasteiger partial charge in [-0.2, -0.15) is 0 Å². The molecule has 5 heteroatoms. The normalized spacial score (nSPS) is 18.7. The fourth-order valence-corrected chi connectivity index (χ4v) is 2.22. The average molecular weight is 249 g/mol. The number of hydrogen-bond donors (Lipinski definition) is 2. The fourth-order valence-electron chi connectivity index (χ4n) is 2.22. The third kappa shape index (κ3) is 2.39. The summed E-state index contributed by atoms with van der Waals surface area (Å²) in [6.45, 7) is 6.23. The molecule has 1 saturated heterocycles. The molecular formula is C13H19N3O2. The highest BCUT2D eigenvalue weighted by Crippen LogP contribution is 2.33. The summed E-state index contributed by atoms with van der Waals surface area (Å²) < 4.78 is 0. The molecule has 0 saturated carbocycles. The number of hydrogen-bond acceptors (Lipinski definition) is 4. The van der Waals surface area contributed by atoms with Gasteiger partial charge in [0.2, 0.25) is 0 Å². The van der Waals surface area contributed by atoms with Gasteiger partial charge >= 0.3 is 5.97 Å². The Labute approximate surface area is 107 Å². The highest BCUT2D eigenvalue weighted by molar-refractivity contribution is 5.96. The Kier molecular flexibility index (Phi) is 3.15. The monoisotopic (exact) mass is 249 g/mol. The molecule has 2 heterocycles. The van der Waals surface area contributed by atoms with E-state index < -0.39 is 5.97 Å². The maximum Gasteiger partial charge on any atom is 0.337 e. The van der Waals surface area contributed by atoms with Crippen LogP contribution in [0.1, 0.15) is 37.0 Å². The number of aromatic nitrogens is 1. The van der Waals surface area contributed by atoms with Gasteiger partial charge in [0, 0.05) is 19.3 Å². The van der Waals surface area contributed by atoms with Crippen LogP contribution in [0, 0.1) is 5.41 Å². The van der Waals surface area contributed by atoms with Gasteiger partial charge in [-0.25, -0.2) is 9.78 Å². The first-order valence-electron chi connectivity index (χ1n) is 6.13. The number of carbonyl (C=O) groups is 1. The van der Waals surface area contributed by atoms with Crippen molar-refractivity contribution in [1.82, 2.24) is 4.98 Å². The quantitative estimate of drug-likeness (QED) is 0.838. The molecular weight excluding hydrogens is 230 g/mol. The molecule has 1 aromatic heterocycles. The second kappa shape index (κ2) is 4.48. The van der Waals surface area contributed by atoms with Gasteiger partial charge in [-0.15, -0.1) is 0 Å². The van der Waals surface area contributed by atoms with Crippen molar-refractivity contribution in [1.29, 1.82) is 0 Å². The predicted octanol–water partition coefficient (Wildman–Crippen LogP) is 1.99. The largest absolute Gasteiger partial charge is 0.478 e. The first-order chi connectivity index (χ1) is 8.41. The molecule has 0 radical (unpaired) electrons. The van der Waals surface area contributed by atoms with Crippen molar-refractivity contribution in [2.24, 2.45) is 5.41 Å². The smallest absolute Gasteiger partial charge is 0.337 e. The molecule has 2 rings (SSSR count). The summed E-state index contributed by atoms with van der Waals surface area (Å²) >= 11 is 0. The Bertz CT molecular complexity index is 461. The molecule has 5 nitrogen and oxygen atoms in total. The number of carboxylic acids is 1. The summed E-state index contributed by atoms with van der Waals surface area (Å²) in [4.78, 5) is 17.3. The Morgan fingerprint density at radius 1 is 1.44 bits per heavy atom. The van der Waals surface area contributed by atoms with Crippen LogP contribution >= 0.6 is 0 Å². The second-order valence-electron chi connectivity index (χ2n) is 5.55. The Balaban J connectivity index is 2.25. The number of rotatable bonds is 2. The van der Waals surface area contributed by atoms with Crippen LogP contribution in [0.4, 0.5) is 11.5 Å². The molecule has 1 aromatic rings. The minimum Gasteiger partial charge on any atom is -0.478 e. The van der Waals surface area contributed by atoms with Crippen molar-refractivity contribution in [2.45, 2.75) is 26.7 Å². The van der Waals surface area contributed by atoms with Crippen LogP contribution in [-0.2, 0) is 0 Å². The van der Waals surface area contributed by atoms with E-state index >= 15 is 0 Å². The zero-order valence-electron chi connectivity index (χ0n) is 10.8. The van der Waals surface area contributed by atoms with Crippen LogP contribution < -0.4 is 10.6 Å². The lowest BCUT2D eigenvalue weighted by Gasteiger charge is -2.38. The first-order valence-corrected chi connectivity index (χ1v) is 6.13. The molecule has 1 aliphatic heterocycles. The van der Waals surface area contributed by atoms with Crippen molar-refractivity contribution >= 4 is 17.5 Å². The molecule has 1 fully saturated rings. The highest BCUT2D eigenvalue weighted by atomic mass is 16.4. The van der Waals surface area contributed by atoms with E-state index in [4.69, 9.17) is 10.8 Å². The van der Waals surface area contributed by atoms with E-state index in [0.717, 1.165) is 25.9 Å². The minimum absolute atomic E-state index is 0.129. The van der Waals surface area contributed by atoms with Crippen LogP contribution in [0.3, 0.4) is 0 Å². The minimum atomic E-state index is -1.01. The number of nitrogens with two attached hydrogens (primary N) is 1. The summed E-state index contributed by atoms with van der Waals surface area (Å²) in [5.41, 5.74) is 6.64. The Hall–Kier alpha value is -1.78. The summed E-state index contributed by atoms with van der Waals surface area (Å²) in [6.07, 6.45) is 3.63. The van der Waals surface area contributed by atoms with Crippen LogP contribution in [0.5, 0.6) is 0 Å². The highest BCUT2D eigenvalue weighted by Gasteiger charge is 2.27. The molecule has 0 atom stereocenters. The number of piperidine rings is 1. The first kappa shape index (κ1) is 12.7. The third-order valence-electron chi connectivity index (χ3n) is 3.62. The Morgan fingerprint density at radius 2 is 2.06 bits per heavy atom. The molecule has 98 valence electrons. The predicted molar refractivity (Wildman–Crippen MR) is 70.8 cm³/mol. The van der Waals surface area contributed by atoms with Gasteiger partial charge in [-0.05, 0) is 24.3 Å². The average Bonchev–Trinajstić information content (AvgIpc) is 2.29. The molecule has 0 aliphatic carbocycles. The second-order valence-corrected chi connectivity index (χ2v) is 5.55. The fraction of sp³-hybridized carbons (Fsp3) is 0.538. The molecule has 0 amide bonds. The number of anilines is 2. The van der Waals surface area contributed by atoms with Crippen LogP contribution in [0.2, 0.25) is 0 Å². The van der Waals surface area contributed by atoms with Crippen LogP contribution in [0.15, 0.2) is 12.3 Å². The van der Waals surface area contributed by atoms with Gasteiger partial charge in [0.1, 0.15) is 0 Å². The molecule has 0 spiro atoms. The van der Waals surface area contributed by atoms with Gasteiger partial charge < -0.3 is 15.7 Å². The molecule has 3 N–H and O–H groups in total. The van der Waals surface area contributed by atoms with Crippen LogP contribution in [-0.4, -0.2) is 29.1 Å². The zero-order valence-corrected chi connectivity index (χ0v) is 10.8. The van der Waals surface area contributed by atoms with Gasteiger partial charge in [0.25, 0.3) is 0 Å². The lowest BCUT2D eigenvalue weighted by Crippen LogP contribution is -2.38. The van der Waals surface area contributed by atoms with Gasteiger partial charge in [-0.1, -0.05) is 13.8 Å². The summed E-state index contributed by atoms with van der Waals surface area (Å²) in [7, 11) is 0. The Morgan fingerprint density at radius 3 is 2.61 bits per heavy atom. The molecule has 0 aromatic carbocycles. The number of aromatic carboxylic acids is 1. The van der Waals surface area contributed by atoms with Gasteiger partial charge in [-0.3, -0.25) is 0 Å². The molecule has 0 unspecified atom stereocenters. The summed E-state index contributed by atoms with van der Waals surface area (Å²) in [5.74, 6) is -0.404. The third-order valence-corrected chi connectivity index (χ3v) is 3.62. The molecule has 0 bridgehead atoms. The standard InChI is InChI=1S/C13H19N3O2/c1-13(2)4-7-16(8-5-13)11-10(14)9(12(17)18)3-6-15-11/h3,6H,4-5,7-8,14H2,1-2H3,(H,17,18). The van der Waals surface area contributed by atoms with E-state index in [1.165, 1.54) is 12.3 Å². The van der Waals surface area contributed by atoms with Crippen LogP contribution in [0.25, 0.3) is 0 Å². The van der Waals surface area contributed by atoms with Gasteiger partial charge in [0.15, 0.2) is 5.82 Å². The van der Waals surface area contributed by atoms with E-state index in [-0.39, 0.29) is 11.3 Å². The van der Waals surface area contributed by atoms with Crippen molar-refractivity contribution in [3.63, 3.8) is 0 Å². The summed E-state index contributed by atoms with van der Waals surface area (Å²) in [6, 6.07) is 1.44. The molecule has 1 aliphatic rings. The van der Waals surface area contributed by atoms with E-state index in [1.807, 2.05) is 0 Å². The van der Waals surface area contributed by atoms with Crippen molar-refractivity contribution < 1.29 is 9.90 Å². The van der Waals surface area contributed by atoms with E-state index in [2.05, 4.69) is 23.7 Å². The SMILES string of the molecule is CC1(C)CCN(c2nccc(C(=O)O)c2N)CC1. The maximum atomic E-state index is 11.0. The van der Waals surface area contributed by atoms with E-state index in [9.17, 15) is 4.79 Å². The van der Waals surface area contributed by atoms with E-state index in [0.29, 0.717) is 11.2 Å². The van der Waals surface area contributed by atoms with Crippen molar-refractivity contribution in [3.05, 3.63) is 17.8 Å². The lowest BCUT2D eigenvalue weighted by molar-refractivity contribution is 0.0698. The number of carboxylic acid groups (broad SMARTS) is 1. The summed E-state index contributed by atoms with van der Waals surface area (Å²) in [5, 5.41) is 9.05. The molecule has 18 heavy (non-hydrogen) atoms. The zero-order chi connectivity index (χ0) is 13.3. The van der Waals surface area contributed by atoms with E-state index in [1.54, 1.807) is 0 Å². The maximum absolute atomic E-state index is 11.0.